The summed E-state index contributed by atoms with van der Waals surface area (Å²) in [5.74, 6) is -0.369. The Morgan fingerprint density at radius 2 is 2.30 bits per heavy atom. The summed E-state index contributed by atoms with van der Waals surface area (Å²) < 4.78 is 13.7. The number of nitrogens with one attached hydrogen (secondary N) is 1. The van der Waals surface area contributed by atoms with Gasteiger partial charge in [-0.3, -0.25) is 4.99 Å². The van der Waals surface area contributed by atoms with E-state index in [0.717, 1.165) is 6.42 Å². The number of halogens is 1. The lowest BCUT2D eigenvalue weighted by Gasteiger charge is -2.09. The lowest BCUT2D eigenvalue weighted by atomic mass is 10.00. The molecule has 1 atom stereocenters. The second-order valence-corrected chi connectivity index (χ2v) is 4.52. The third kappa shape index (κ3) is 3.09. The van der Waals surface area contributed by atoms with E-state index in [1.54, 1.807) is 18.3 Å². The van der Waals surface area contributed by atoms with Crippen molar-refractivity contribution in [1.82, 2.24) is 0 Å². The molecule has 0 aromatic heterocycles. The van der Waals surface area contributed by atoms with E-state index in [1.165, 1.54) is 12.1 Å². The predicted octanol–water partition coefficient (Wildman–Crippen LogP) is 3.58. The zero-order chi connectivity index (χ0) is 14.5. The zero-order valence-electron chi connectivity index (χ0n) is 11.0. The molecule has 0 saturated heterocycles. The number of allylic oxidation sites excluding steroid dienone is 3. The fraction of sp³-hybridized carbons (Fsp3) is 0.125. The monoisotopic (exact) mass is 269 g/mol. The third-order valence-electron chi connectivity index (χ3n) is 3.07. The van der Waals surface area contributed by atoms with Crippen LogP contribution in [-0.2, 0) is 0 Å². The van der Waals surface area contributed by atoms with Crippen LogP contribution in [0.2, 0.25) is 0 Å². The van der Waals surface area contributed by atoms with Crippen molar-refractivity contribution in [2.45, 2.75) is 6.42 Å². The summed E-state index contributed by atoms with van der Waals surface area (Å²) in [5.41, 5.74) is 6.84. The molecular weight excluding hydrogens is 253 g/mol. The highest BCUT2D eigenvalue weighted by molar-refractivity contribution is 6.10. The molecule has 3 nitrogen and oxygen atoms in total. The summed E-state index contributed by atoms with van der Waals surface area (Å²) in [4.78, 5) is 4.04. The summed E-state index contributed by atoms with van der Waals surface area (Å²) in [6, 6.07) is 2.97. The number of hydrogen-bond acceptors (Lipinski definition) is 3. The summed E-state index contributed by atoms with van der Waals surface area (Å²) in [7, 11) is 0. The van der Waals surface area contributed by atoms with Crippen LogP contribution in [0.1, 0.15) is 17.5 Å². The molecule has 1 aliphatic heterocycles. The van der Waals surface area contributed by atoms with Gasteiger partial charge in [-0.15, -0.1) is 0 Å². The largest absolute Gasteiger partial charge is 0.396 e. The molecule has 4 heteroatoms. The van der Waals surface area contributed by atoms with Gasteiger partial charge in [-0.25, -0.2) is 4.39 Å². The number of nitrogen functional groups attached to an aromatic ring is 1. The Hall–Kier alpha value is -2.49. The first kappa shape index (κ1) is 13.9. The molecule has 1 aliphatic rings. The van der Waals surface area contributed by atoms with Gasteiger partial charge < -0.3 is 11.1 Å². The highest BCUT2D eigenvalue weighted by Crippen LogP contribution is 2.21. The average molecular weight is 269 g/mol. The summed E-state index contributed by atoms with van der Waals surface area (Å²) in [5, 5.41) is 8.03. The molecule has 3 N–H and O–H groups in total. The highest BCUT2D eigenvalue weighted by Gasteiger charge is 2.10. The Balaban J connectivity index is 2.22. The van der Waals surface area contributed by atoms with Gasteiger partial charge in [-0.05, 0) is 30.2 Å². The zero-order valence-corrected chi connectivity index (χ0v) is 11.0. The van der Waals surface area contributed by atoms with Gasteiger partial charge in [0, 0.05) is 23.9 Å². The summed E-state index contributed by atoms with van der Waals surface area (Å²) in [6.07, 6.45) is 11.4. The van der Waals surface area contributed by atoms with E-state index >= 15 is 0 Å². The number of nitrogens with zero attached hydrogens (tertiary/aromatic N) is 1. The topological polar surface area (TPSA) is 62.2 Å². The van der Waals surface area contributed by atoms with Crippen LogP contribution in [0.15, 0.2) is 48.1 Å². The molecule has 0 amide bonds. The number of aliphatic imine (C=N–C) groups is 1. The normalized spacial score (nSPS) is 17.6. The van der Waals surface area contributed by atoms with E-state index in [4.69, 9.17) is 11.1 Å². The fourth-order valence-corrected chi connectivity index (χ4v) is 1.92. The Labute approximate surface area is 117 Å². The van der Waals surface area contributed by atoms with Crippen molar-refractivity contribution in [2.24, 2.45) is 10.9 Å². The van der Waals surface area contributed by atoms with Crippen LogP contribution < -0.4 is 5.73 Å². The van der Waals surface area contributed by atoms with Crippen LogP contribution in [0.25, 0.3) is 6.08 Å². The van der Waals surface area contributed by atoms with Gasteiger partial charge in [-0.2, -0.15) is 0 Å². The standard InChI is InChI=1S/C16H16FN3/c1-2-11-8-13(16(19)14(17)9-11)15(18)6-5-12-4-3-7-20-10-12/h2-3,5-10,12,18H,1,4,19H2/b6-5+,18-15?. The molecule has 1 aromatic carbocycles. The molecule has 0 saturated carbocycles. The lowest BCUT2D eigenvalue weighted by molar-refractivity contribution is 0.632. The smallest absolute Gasteiger partial charge is 0.147 e. The second-order valence-electron chi connectivity index (χ2n) is 4.52. The van der Waals surface area contributed by atoms with Crippen LogP contribution in [0.3, 0.4) is 0 Å². The summed E-state index contributed by atoms with van der Waals surface area (Å²) in [6.45, 7) is 3.60. The molecular formula is C16H16FN3. The van der Waals surface area contributed by atoms with Crippen molar-refractivity contribution >= 4 is 23.7 Å². The minimum absolute atomic E-state index is 0.0116. The van der Waals surface area contributed by atoms with Gasteiger partial charge >= 0.3 is 0 Å². The maximum atomic E-state index is 13.7. The van der Waals surface area contributed by atoms with Crippen LogP contribution >= 0.6 is 0 Å². The van der Waals surface area contributed by atoms with Gasteiger partial charge in [0.2, 0.25) is 0 Å². The molecule has 1 heterocycles. The molecule has 0 bridgehead atoms. The number of anilines is 1. The van der Waals surface area contributed by atoms with Gasteiger partial charge in [0.15, 0.2) is 0 Å². The average Bonchev–Trinajstić information content (AvgIpc) is 2.48. The van der Waals surface area contributed by atoms with Gasteiger partial charge in [-0.1, -0.05) is 24.8 Å². The number of nitrogens with two attached hydrogens (primary N) is 1. The first-order valence-corrected chi connectivity index (χ1v) is 6.28. The van der Waals surface area contributed by atoms with Crippen molar-refractivity contribution in [3.05, 3.63) is 60.1 Å². The third-order valence-corrected chi connectivity index (χ3v) is 3.07. The molecule has 0 spiro atoms. The van der Waals surface area contributed by atoms with Gasteiger partial charge in [0.25, 0.3) is 0 Å². The SMILES string of the molecule is C=Cc1cc(F)c(N)c(C(=N)/C=C/C2C=NC=CC2)c1. The molecule has 20 heavy (non-hydrogen) atoms. The number of hydrogen-bond donors (Lipinski definition) is 2. The van der Waals surface area contributed by atoms with Crippen LogP contribution in [-0.4, -0.2) is 11.9 Å². The van der Waals surface area contributed by atoms with Crippen molar-refractivity contribution in [3.63, 3.8) is 0 Å². The quantitative estimate of drug-likeness (QED) is 0.637. The minimum Gasteiger partial charge on any atom is -0.396 e. The molecule has 0 aliphatic carbocycles. The van der Waals surface area contributed by atoms with Crippen molar-refractivity contribution in [2.75, 3.05) is 5.73 Å². The maximum absolute atomic E-state index is 13.7. The number of benzene rings is 1. The summed E-state index contributed by atoms with van der Waals surface area (Å²) >= 11 is 0. The first-order valence-electron chi connectivity index (χ1n) is 6.28. The van der Waals surface area contributed by atoms with Crippen LogP contribution in [0, 0.1) is 17.1 Å². The van der Waals surface area contributed by atoms with E-state index in [0.29, 0.717) is 11.1 Å². The van der Waals surface area contributed by atoms with Crippen molar-refractivity contribution in [1.29, 1.82) is 5.41 Å². The Bertz CT molecular complexity index is 627. The maximum Gasteiger partial charge on any atom is 0.147 e. The Morgan fingerprint density at radius 1 is 1.50 bits per heavy atom. The van der Waals surface area contributed by atoms with Gasteiger partial charge in [0.05, 0.1) is 11.4 Å². The minimum atomic E-state index is -0.530. The van der Waals surface area contributed by atoms with E-state index in [9.17, 15) is 4.39 Å². The van der Waals surface area contributed by atoms with E-state index in [2.05, 4.69) is 11.6 Å². The molecule has 0 radical (unpaired) electrons. The second kappa shape index (κ2) is 6.10. The fourth-order valence-electron chi connectivity index (χ4n) is 1.92. The molecule has 1 aromatic rings. The van der Waals surface area contributed by atoms with E-state index in [-0.39, 0.29) is 17.3 Å². The predicted molar refractivity (Wildman–Crippen MR) is 82.6 cm³/mol. The molecule has 1 unspecified atom stereocenters. The molecule has 2 rings (SSSR count). The highest BCUT2D eigenvalue weighted by atomic mass is 19.1. The van der Waals surface area contributed by atoms with Crippen molar-refractivity contribution < 1.29 is 4.39 Å². The first-order chi connectivity index (χ1) is 9.61. The van der Waals surface area contributed by atoms with E-state index in [1.807, 2.05) is 18.4 Å². The molecule has 0 fully saturated rings. The van der Waals surface area contributed by atoms with E-state index < -0.39 is 5.82 Å². The lowest BCUT2D eigenvalue weighted by Crippen LogP contribution is -2.06. The number of rotatable bonds is 4. The Morgan fingerprint density at radius 3 is 2.95 bits per heavy atom. The van der Waals surface area contributed by atoms with Crippen molar-refractivity contribution in [3.8, 4) is 0 Å². The van der Waals surface area contributed by atoms with Crippen LogP contribution in [0.5, 0.6) is 0 Å². The molecule has 102 valence electrons. The van der Waals surface area contributed by atoms with Gasteiger partial charge in [0.1, 0.15) is 5.82 Å². The van der Waals surface area contributed by atoms with Crippen LogP contribution in [0.4, 0.5) is 10.1 Å². The Kier molecular flexibility index (Phi) is 4.25.